The fourth-order valence-corrected chi connectivity index (χ4v) is 8.46. The van der Waals surface area contributed by atoms with E-state index < -0.39 is 24.3 Å². The van der Waals surface area contributed by atoms with Gasteiger partial charge in [0.15, 0.2) is 0 Å². The average Bonchev–Trinajstić information content (AvgIpc) is 4.02. The Morgan fingerprint density at radius 3 is 2.17 bits per heavy atom. The van der Waals surface area contributed by atoms with Crippen LogP contribution in [0.15, 0.2) is 65.8 Å². The van der Waals surface area contributed by atoms with Crippen LogP contribution in [0, 0.1) is 17.8 Å². The quantitative estimate of drug-likeness (QED) is 0.216. The first kappa shape index (κ1) is 36.9. The van der Waals surface area contributed by atoms with Gasteiger partial charge in [-0.25, -0.2) is 14.6 Å². The molecule has 4 amide bonds. The number of methoxy groups -OCH3 is 2. The Bertz CT molecular complexity index is 2030. The molecule has 2 fully saturated rings. The molecule has 3 N–H and O–H groups in total. The van der Waals surface area contributed by atoms with Gasteiger partial charge in [-0.1, -0.05) is 70.2 Å². The normalized spacial score (nSPS) is 22.8. The van der Waals surface area contributed by atoms with Gasteiger partial charge in [0.1, 0.15) is 17.9 Å². The summed E-state index contributed by atoms with van der Waals surface area (Å²) in [5.41, 5.74) is 6.83. The monoisotopic (exact) mass is 735 g/mol. The molecule has 3 aliphatic heterocycles. The van der Waals surface area contributed by atoms with Gasteiger partial charge >= 0.3 is 12.2 Å². The molecule has 1 aliphatic carbocycles. The van der Waals surface area contributed by atoms with Crippen LogP contribution < -0.4 is 10.6 Å². The van der Waals surface area contributed by atoms with Crippen molar-refractivity contribution in [3.8, 4) is 11.1 Å². The minimum Gasteiger partial charge on any atom is -0.453 e. The first-order valence-corrected chi connectivity index (χ1v) is 18.8. The largest absolute Gasteiger partial charge is 0.453 e. The van der Waals surface area contributed by atoms with Crippen molar-refractivity contribution in [3.05, 3.63) is 72.2 Å². The van der Waals surface area contributed by atoms with Gasteiger partial charge in [-0.05, 0) is 71.4 Å². The van der Waals surface area contributed by atoms with Crippen LogP contribution in [-0.4, -0.2) is 94.4 Å². The predicted molar refractivity (Wildman–Crippen MR) is 205 cm³/mol. The van der Waals surface area contributed by atoms with E-state index in [4.69, 9.17) is 19.5 Å². The number of allylic oxidation sites excluding steroid dienone is 1. The highest BCUT2D eigenvalue weighted by atomic mass is 16.5. The van der Waals surface area contributed by atoms with Gasteiger partial charge in [0.25, 0.3) is 0 Å². The number of alkyl carbamates (subject to hydrolysis) is 2. The Morgan fingerprint density at radius 2 is 1.50 bits per heavy atom. The number of benzene rings is 2. The summed E-state index contributed by atoms with van der Waals surface area (Å²) in [6.07, 6.45) is 8.12. The summed E-state index contributed by atoms with van der Waals surface area (Å²) in [5, 5.41) is 5.45. The lowest BCUT2D eigenvalue weighted by Crippen LogP contribution is -2.54. The maximum Gasteiger partial charge on any atom is 0.407 e. The van der Waals surface area contributed by atoms with Crippen molar-refractivity contribution in [3.63, 3.8) is 0 Å². The van der Waals surface area contributed by atoms with Gasteiger partial charge in [0.2, 0.25) is 11.8 Å². The lowest BCUT2D eigenvalue weighted by molar-refractivity contribution is -0.139. The second kappa shape index (κ2) is 15.1. The van der Waals surface area contributed by atoms with Gasteiger partial charge in [-0.15, -0.1) is 0 Å². The molecule has 6 atom stereocenters. The van der Waals surface area contributed by atoms with Crippen molar-refractivity contribution in [2.24, 2.45) is 22.7 Å². The number of carbonyl (C=O) groups excluding carboxylic acids is 4. The molecule has 0 spiro atoms. The highest BCUT2D eigenvalue weighted by Gasteiger charge is 2.51. The number of nitrogens with zero attached hydrogens (tertiary/aromatic N) is 4. The molecule has 1 saturated heterocycles. The molecular formula is C41H49N7O6. The van der Waals surface area contributed by atoms with Crippen LogP contribution in [-0.2, 0) is 19.1 Å². The van der Waals surface area contributed by atoms with Gasteiger partial charge in [0.05, 0.1) is 37.3 Å². The van der Waals surface area contributed by atoms with Crippen LogP contribution in [0.2, 0.25) is 0 Å². The Kier molecular flexibility index (Phi) is 10.3. The Balaban J connectivity index is 1.04. The number of hydrogen-bond donors (Lipinski definition) is 3. The van der Waals surface area contributed by atoms with Crippen LogP contribution in [0.5, 0.6) is 0 Å². The maximum atomic E-state index is 14.0. The topological polar surface area (TPSA) is 158 Å². The van der Waals surface area contributed by atoms with Crippen LogP contribution in [0.25, 0.3) is 27.7 Å². The van der Waals surface area contributed by atoms with Crippen LogP contribution in [0.3, 0.4) is 0 Å². The molecule has 1 aromatic heterocycles. The molecule has 2 unspecified atom stereocenters. The number of H-pyrrole nitrogens is 1. The first-order chi connectivity index (χ1) is 26.0. The van der Waals surface area contributed by atoms with E-state index in [-0.39, 0.29) is 41.8 Å². The van der Waals surface area contributed by atoms with E-state index in [1.807, 2.05) is 57.0 Å². The summed E-state index contributed by atoms with van der Waals surface area (Å²) in [6.45, 7) is 8.09. The van der Waals surface area contributed by atoms with E-state index in [1.54, 1.807) is 4.90 Å². The van der Waals surface area contributed by atoms with Crippen molar-refractivity contribution in [2.45, 2.75) is 83.6 Å². The third kappa shape index (κ3) is 6.99. The van der Waals surface area contributed by atoms with Gasteiger partial charge in [-0.3, -0.25) is 14.6 Å². The summed E-state index contributed by atoms with van der Waals surface area (Å²) < 4.78 is 9.58. The van der Waals surface area contributed by atoms with Crippen molar-refractivity contribution in [1.29, 1.82) is 0 Å². The molecule has 2 aromatic carbocycles. The molecule has 0 radical (unpaired) electrons. The number of piperidine rings is 1. The summed E-state index contributed by atoms with van der Waals surface area (Å²) in [5.74, 6) is 0.603. The number of aromatic nitrogens is 2. The van der Waals surface area contributed by atoms with E-state index in [0.717, 1.165) is 64.1 Å². The number of fused-ring (bicyclic) bond motifs is 3. The highest BCUT2D eigenvalue weighted by molar-refractivity contribution is 6.05. The summed E-state index contributed by atoms with van der Waals surface area (Å²) in [4.78, 5) is 68.6. The molecule has 284 valence electrons. The molecule has 4 aliphatic rings. The molecule has 4 heterocycles. The van der Waals surface area contributed by atoms with Crippen molar-refractivity contribution < 1.29 is 28.7 Å². The SMILES string of the molecule is COC(=O)N[C@H](C(=O)N1CC=C[C@H]1C1=NC=C(c2ccc(-c3ccc4nc([C@@H]5C6CCC(C6)N5C(=O)[C@@H](NC(=O)OC)C(C)C)[nH]c4c3)cc2)C1)C(C)C. The van der Waals surface area contributed by atoms with Crippen molar-refractivity contribution in [2.75, 3.05) is 20.8 Å². The molecule has 2 bridgehead atoms. The zero-order valence-electron chi connectivity index (χ0n) is 31.7. The van der Waals surface area contributed by atoms with Gasteiger partial charge in [-0.2, -0.15) is 0 Å². The van der Waals surface area contributed by atoms with Gasteiger partial charge in [0, 0.05) is 30.9 Å². The number of aromatic amines is 1. The molecule has 3 aromatic rings. The molecule has 13 nitrogen and oxygen atoms in total. The molecule has 13 heteroatoms. The maximum absolute atomic E-state index is 14.0. The molecule has 54 heavy (non-hydrogen) atoms. The fraction of sp³-hybridized carbons (Fsp3) is 0.463. The van der Waals surface area contributed by atoms with E-state index in [9.17, 15) is 19.2 Å². The number of imidazole rings is 1. The lowest BCUT2D eigenvalue weighted by atomic mass is 9.95. The molecule has 1 saturated carbocycles. The van der Waals surface area contributed by atoms with Crippen LogP contribution in [0.1, 0.15) is 70.8 Å². The third-order valence-electron chi connectivity index (χ3n) is 11.3. The summed E-state index contributed by atoms with van der Waals surface area (Å²) >= 11 is 0. The van der Waals surface area contributed by atoms with Crippen molar-refractivity contribution >= 4 is 46.3 Å². The number of nitrogens with one attached hydrogen (secondary N) is 3. The number of amides is 4. The predicted octanol–water partition coefficient (Wildman–Crippen LogP) is 6.00. The van der Waals surface area contributed by atoms with Gasteiger partial charge < -0.3 is 34.9 Å². The zero-order chi connectivity index (χ0) is 38.3. The number of ether oxygens (including phenoxy) is 2. The number of likely N-dealkylation sites (tertiary alicyclic amines) is 1. The third-order valence-corrected chi connectivity index (χ3v) is 11.3. The standard InChI is InChI=1S/C41H49N7O6/c1-22(2)34(45-40(51)53-5)38(49)47-17-7-8-33(47)32-20-28(21-42-32)25-11-9-24(10-12-25)26-14-16-30-31(19-26)44-37(43-30)36-27-13-15-29(18-27)48(36)39(50)35(23(3)4)46-41(52)54-6/h7-12,14,16,19,21-23,27,29,33-36H,13,15,17-18,20H2,1-6H3,(H,43,44)(H,45,51)(H,46,52)/t27?,29?,33-,34-,35-,36-/m0/s1. The highest BCUT2D eigenvalue weighted by Crippen LogP contribution is 2.50. The second-order valence-electron chi connectivity index (χ2n) is 15.4. The van der Waals surface area contributed by atoms with E-state index in [2.05, 4.69) is 52.0 Å². The van der Waals surface area contributed by atoms with E-state index in [1.165, 1.54) is 14.2 Å². The molecular weight excluding hydrogens is 686 g/mol. The average molecular weight is 736 g/mol. The number of hydrogen-bond acceptors (Lipinski definition) is 8. The first-order valence-electron chi connectivity index (χ1n) is 18.8. The second-order valence-corrected chi connectivity index (χ2v) is 15.4. The van der Waals surface area contributed by atoms with E-state index >= 15 is 0 Å². The minimum absolute atomic E-state index is 0.0954. The number of carbonyl (C=O) groups is 4. The van der Waals surface area contributed by atoms with Crippen LogP contribution in [0.4, 0.5) is 9.59 Å². The van der Waals surface area contributed by atoms with Crippen molar-refractivity contribution in [1.82, 2.24) is 30.4 Å². The summed E-state index contributed by atoms with van der Waals surface area (Å²) in [7, 11) is 2.59. The number of rotatable bonds is 10. The Labute approximate surface area is 315 Å². The smallest absolute Gasteiger partial charge is 0.407 e. The number of aliphatic imine (C=N–C) groups is 1. The van der Waals surface area contributed by atoms with E-state index in [0.29, 0.717) is 18.9 Å². The Hall–Kier alpha value is -5.46. The summed E-state index contributed by atoms with van der Waals surface area (Å²) in [6, 6.07) is 12.8. The molecule has 7 rings (SSSR count). The minimum atomic E-state index is -0.703. The lowest BCUT2D eigenvalue weighted by Gasteiger charge is -2.37. The fourth-order valence-electron chi connectivity index (χ4n) is 8.46. The zero-order valence-corrected chi connectivity index (χ0v) is 31.7. The Morgan fingerprint density at radius 1 is 0.852 bits per heavy atom. The van der Waals surface area contributed by atoms with Crippen LogP contribution >= 0.6 is 0 Å².